The van der Waals surface area contributed by atoms with Crippen LogP contribution in [0, 0.1) is 0 Å². The Morgan fingerprint density at radius 2 is 2.40 bits per heavy atom. The van der Waals surface area contributed by atoms with Crippen molar-refractivity contribution in [1.82, 2.24) is 0 Å². The molecule has 1 aromatic carbocycles. The molecule has 2 N–H and O–H groups in total. The number of rotatable bonds is 4. The molecule has 0 aromatic heterocycles. The Kier molecular flexibility index (Phi) is 3.38. The molecule has 1 aliphatic heterocycles. The molecule has 2 rings (SSSR count). The van der Waals surface area contributed by atoms with Gasteiger partial charge < -0.3 is 15.2 Å². The highest BCUT2D eigenvalue weighted by atomic mass is 32.2. The van der Waals surface area contributed by atoms with Crippen molar-refractivity contribution in [2.45, 2.75) is 17.7 Å². The minimum atomic E-state index is 0.704. The van der Waals surface area contributed by atoms with E-state index in [1.807, 2.05) is 0 Å². The van der Waals surface area contributed by atoms with E-state index in [0.29, 0.717) is 12.5 Å². The monoisotopic (exact) mass is 225 g/mol. The van der Waals surface area contributed by atoms with Crippen LogP contribution in [0.3, 0.4) is 0 Å². The second-order valence-electron chi connectivity index (χ2n) is 3.41. The zero-order valence-corrected chi connectivity index (χ0v) is 9.60. The summed E-state index contributed by atoms with van der Waals surface area (Å²) in [6.07, 6.45) is 1.92. The van der Waals surface area contributed by atoms with Gasteiger partial charge in [-0.1, -0.05) is 11.8 Å². The fraction of sp³-hybridized carbons (Fsp3) is 0.455. The molecule has 0 bridgehead atoms. The lowest BCUT2D eigenvalue weighted by Crippen LogP contribution is -2.01. The number of methoxy groups -OCH3 is 1. The molecule has 3 nitrogen and oxygen atoms in total. The minimum absolute atomic E-state index is 0.704. The fourth-order valence-corrected chi connectivity index (χ4v) is 2.41. The average Bonchev–Trinajstić information content (AvgIpc) is 2.71. The van der Waals surface area contributed by atoms with Crippen molar-refractivity contribution in [3.8, 4) is 11.5 Å². The smallest absolute Gasteiger partial charge is 0.138 e. The van der Waals surface area contributed by atoms with Crippen molar-refractivity contribution in [3.05, 3.63) is 17.7 Å². The van der Waals surface area contributed by atoms with Crippen LogP contribution >= 0.6 is 11.8 Å². The Morgan fingerprint density at radius 1 is 1.53 bits per heavy atom. The molecule has 1 aliphatic rings. The predicted octanol–water partition coefficient (Wildman–Crippen LogP) is 2.03. The lowest BCUT2D eigenvalue weighted by atomic mass is 10.1. The van der Waals surface area contributed by atoms with E-state index in [1.165, 1.54) is 10.5 Å². The number of nitrogens with two attached hydrogens (primary N) is 1. The molecule has 0 saturated heterocycles. The van der Waals surface area contributed by atoms with E-state index in [1.54, 1.807) is 18.9 Å². The van der Waals surface area contributed by atoms with Crippen molar-refractivity contribution < 1.29 is 9.47 Å². The fourth-order valence-electron chi connectivity index (χ4n) is 1.64. The number of benzene rings is 1. The normalized spacial score (nSPS) is 13.5. The maximum absolute atomic E-state index is 5.50. The summed E-state index contributed by atoms with van der Waals surface area (Å²) in [7, 11) is 1.70. The second-order valence-corrected chi connectivity index (χ2v) is 4.37. The highest BCUT2D eigenvalue weighted by Gasteiger charge is 2.16. The van der Waals surface area contributed by atoms with Crippen molar-refractivity contribution >= 4 is 11.8 Å². The van der Waals surface area contributed by atoms with Crippen LogP contribution in [-0.2, 0) is 6.42 Å². The van der Waals surface area contributed by atoms with E-state index in [-0.39, 0.29) is 0 Å². The Balaban J connectivity index is 2.27. The SMILES string of the molecule is COc1cc2c(cc1CCCN)OCS2. The van der Waals surface area contributed by atoms with Crippen LogP contribution < -0.4 is 15.2 Å². The van der Waals surface area contributed by atoms with Gasteiger partial charge in [0.05, 0.1) is 12.0 Å². The lowest BCUT2D eigenvalue weighted by molar-refractivity contribution is 0.388. The summed E-state index contributed by atoms with van der Waals surface area (Å²) in [5, 5.41) is 0. The van der Waals surface area contributed by atoms with Crippen molar-refractivity contribution in [2.24, 2.45) is 5.73 Å². The molecule has 15 heavy (non-hydrogen) atoms. The Morgan fingerprint density at radius 3 is 3.13 bits per heavy atom. The zero-order valence-electron chi connectivity index (χ0n) is 8.79. The van der Waals surface area contributed by atoms with Crippen molar-refractivity contribution in [3.63, 3.8) is 0 Å². The van der Waals surface area contributed by atoms with Gasteiger partial charge in [0, 0.05) is 0 Å². The van der Waals surface area contributed by atoms with Crippen LogP contribution in [0.1, 0.15) is 12.0 Å². The summed E-state index contributed by atoms with van der Waals surface area (Å²) in [4.78, 5) is 1.17. The first-order chi connectivity index (χ1) is 7.35. The summed E-state index contributed by atoms with van der Waals surface area (Å²) in [6, 6.07) is 4.13. The van der Waals surface area contributed by atoms with Crippen LogP contribution in [-0.4, -0.2) is 19.6 Å². The molecule has 82 valence electrons. The van der Waals surface area contributed by atoms with Crippen LogP contribution in [0.5, 0.6) is 11.5 Å². The second kappa shape index (κ2) is 4.77. The third-order valence-corrected chi connectivity index (χ3v) is 3.29. The summed E-state index contributed by atoms with van der Waals surface area (Å²) < 4.78 is 10.9. The topological polar surface area (TPSA) is 44.5 Å². The third kappa shape index (κ3) is 2.21. The molecule has 0 fully saturated rings. The van der Waals surface area contributed by atoms with E-state index in [0.717, 1.165) is 24.3 Å². The number of hydrogen-bond acceptors (Lipinski definition) is 4. The molecule has 0 radical (unpaired) electrons. The van der Waals surface area contributed by atoms with Gasteiger partial charge in [0.2, 0.25) is 0 Å². The van der Waals surface area contributed by atoms with Crippen molar-refractivity contribution in [2.75, 3.05) is 19.6 Å². The molecule has 0 aliphatic carbocycles. The highest BCUT2D eigenvalue weighted by molar-refractivity contribution is 7.99. The van der Waals surface area contributed by atoms with E-state index < -0.39 is 0 Å². The first-order valence-corrected chi connectivity index (χ1v) is 6.00. The summed E-state index contributed by atoms with van der Waals surface area (Å²) in [5.74, 6) is 2.63. The Labute approximate surface area is 93.9 Å². The molecular weight excluding hydrogens is 210 g/mol. The number of hydrogen-bond donors (Lipinski definition) is 1. The van der Waals surface area contributed by atoms with Gasteiger partial charge in [-0.05, 0) is 37.1 Å². The molecule has 0 spiro atoms. The summed E-state index contributed by atoms with van der Waals surface area (Å²) >= 11 is 1.70. The van der Waals surface area contributed by atoms with E-state index in [2.05, 4.69) is 12.1 Å². The number of fused-ring (bicyclic) bond motifs is 1. The molecule has 0 atom stereocenters. The zero-order chi connectivity index (χ0) is 10.7. The first kappa shape index (κ1) is 10.6. The number of ether oxygens (including phenoxy) is 2. The molecule has 0 unspecified atom stereocenters. The Bertz CT molecular complexity index is 355. The maximum Gasteiger partial charge on any atom is 0.138 e. The summed E-state index contributed by atoms with van der Waals surface area (Å²) in [5.41, 5.74) is 6.69. The molecular formula is C11H15NO2S. The van der Waals surface area contributed by atoms with Gasteiger partial charge in [0.25, 0.3) is 0 Å². The van der Waals surface area contributed by atoms with Gasteiger partial charge in [0.15, 0.2) is 0 Å². The van der Waals surface area contributed by atoms with Crippen LogP contribution in [0.15, 0.2) is 17.0 Å². The Hall–Kier alpha value is -0.870. The minimum Gasteiger partial charge on any atom is -0.496 e. The molecule has 4 heteroatoms. The van der Waals surface area contributed by atoms with Crippen LogP contribution in [0.2, 0.25) is 0 Å². The lowest BCUT2D eigenvalue weighted by Gasteiger charge is -2.09. The molecule has 1 heterocycles. The number of aryl methyl sites for hydroxylation is 1. The molecule has 1 aromatic rings. The first-order valence-electron chi connectivity index (χ1n) is 5.01. The van der Waals surface area contributed by atoms with Crippen molar-refractivity contribution in [1.29, 1.82) is 0 Å². The van der Waals surface area contributed by atoms with E-state index in [4.69, 9.17) is 15.2 Å². The van der Waals surface area contributed by atoms with Crippen LogP contribution in [0.25, 0.3) is 0 Å². The van der Waals surface area contributed by atoms with Gasteiger partial charge in [-0.3, -0.25) is 0 Å². The maximum atomic E-state index is 5.50. The van der Waals surface area contributed by atoms with Gasteiger partial charge in [-0.2, -0.15) is 0 Å². The predicted molar refractivity (Wildman–Crippen MR) is 61.7 cm³/mol. The average molecular weight is 225 g/mol. The van der Waals surface area contributed by atoms with E-state index >= 15 is 0 Å². The van der Waals surface area contributed by atoms with Crippen LogP contribution in [0.4, 0.5) is 0 Å². The van der Waals surface area contributed by atoms with Gasteiger partial charge >= 0.3 is 0 Å². The van der Waals surface area contributed by atoms with Gasteiger partial charge in [-0.25, -0.2) is 0 Å². The van der Waals surface area contributed by atoms with Gasteiger partial charge in [0.1, 0.15) is 17.4 Å². The quantitative estimate of drug-likeness (QED) is 0.851. The third-order valence-electron chi connectivity index (χ3n) is 2.43. The van der Waals surface area contributed by atoms with E-state index in [9.17, 15) is 0 Å². The standard InChI is InChI=1S/C11H15NO2S/c1-13-9-6-11-10(14-7-15-11)5-8(9)3-2-4-12/h5-6H,2-4,7,12H2,1H3. The number of thioether (sulfide) groups is 1. The molecule has 0 saturated carbocycles. The molecule has 0 amide bonds. The van der Waals surface area contributed by atoms with Gasteiger partial charge in [-0.15, -0.1) is 0 Å². The highest BCUT2D eigenvalue weighted by Crippen LogP contribution is 2.40. The largest absolute Gasteiger partial charge is 0.496 e. The summed E-state index contributed by atoms with van der Waals surface area (Å²) in [6.45, 7) is 0.704.